The number of hydrogen-bond donors (Lipinski definition) is 0. The molecular formula is C25H28O5. The molecule has 2 aromatic carbocycles. The van der Waals surface area contributed by atoms with Gasteiger partial charge in [-0.25, -0.2) is 4.79 Å². The zero-order valence-electron chi connectivity index (χ0n) is 18.0. The molecule has 0 aliphatic rings. The van der Waals surface area contributed by atoms with Crippen LogP contribution in [0.5, 0.6) is 11.5 Å². The van der Waals surface area contributed by atoms with Crippen molar-refractivity contribution in [1.29, 1.82) is 0 Å². The van der Waals surface area contributed by atoms with Crippen molar-refractivity contribution >= 4 is 16.8 Å². The fourth-order valence-corrected chi connectivity index (χ4v) is 3.59. The predicted molar refractivity (Wildman–Crippen MR) is 118 cm³/mol. The van der Waals surface area contributed by atoms with E-state index in [0.29, 0.717) is 33.9 Å². The van der Waals surface area contributed by atoms with Crippen LogP contribution in [0.15, 0.2) is 51.7 Å². The van der Waals surface area contributed by atoms with E-state index in [0.717, 1.165) is 6.42 Å². The maximum absolute atomic E-state index is 13.0. The molecule has 0 saturated carbocycles. The third kappa shape index (κ3) is 4.56. The summed E-state index contributed by atoms with van der Waals surface area (Å²) in [7, 11) is 3.03. The smallest absolute Gasteiger partial charge is 0.347 e. The number of hydrogen-bond acceptors (Lipinski definition) is 5. The minimum atomic E-state index is -0.681. The van der Waals surface area contributed by atoms with Gasteiger partial charge in [-0.3, -0.25) is 4.79 Å². The number of methoxy groups -OCH3 is 2. The molecule has 3 aromatic rings. The van der Waals surface area contributed by atoms with E-state index in [1.807, 2.05) is 12.1 Å². The molecule has 0 spiro atoms. The van der Waals surface area contributed by atoms with E-state index in [1.165, 1.54) is 45.1 Å². The Hall–Kier alpha value is -3.08. The average molecular weight is 408 g/mol. The van der Waals surface area contributed by atoms with Gasteiger partial charge in [-0.1, -0.05) is 57.4 Å². The number of rotatable bonds is 9. The van der Waals surface area contributed by atoms with E-state index in [1.54, 1.807) is 24.3 Å². The highest BCUT2D eigenvalue weighted by atomic mass is 16.5. The number of fused-ring (bicyclic) bond motifs is 1. The van der Waals surface area contributed by atoms with E-state index in [9.17, 15) is 9.59 Å². The lowest BCUT2D eigenvalue weighted by Crippen LogP contribution is -2.15. The van der Waals surface area contributed by atoms with Gasteiger partial charge in [-0.15, -0.1) is 0 Å². The van der Waals surface area contributed by atoms with Crippen molar-refractivity contribution in [2.24, 2.45) is 0 Å². The van der Waals surface area contributed by atoms with E-state index in [-0.39, 0.29) is 11.3 Å². The third-order valence-electron chi connectivity index (χ3n) is 5.47. The summed E-state index contributed by atoms with van der Waals surface area (Å²) in [5, 5.41) is 0.544. The van der Waals surface area contributed by atoms with Gasteiger partial charge in [0.1, 0.15) is 22.6 Å². The van der Waals surface area contributed by atoms with Crippen LogP contribution in [0.4, 0.5) is 0 Å². The second kappa shape index (κ2) is 9.61. The Bertz CT molecular complexity index is 1080. The molecule has 0 amide bonds. The van der Waals surface area contributed by atoms with Crippen molar-refractivity contribution in [3.8, 4) is 11.5 Å². The first-order valence-corrected chi connectivity index (χ1v) is 10.3. The molecule has 3 rings (SSSR count). The Morgan fingerprint density at radius 3 is 2.40 bits per heavy atom. The van der Waals surface area contributed by atoms with E-state index < -0.39 is 5.63 Å². The van der Waals surface area contributed by atoms with E-state index in [2.05, 4.69) is 13.8 Å². The number of carbonyl (C=O) groups excluding carboxylic acids is 1. The fourth-order valence-electron chi connectivity index (χ4n) is 3.59. The van der Waals surface area contributed by atoms with Crippen LogP contribution in [0.1, 0.15) is 66.9 Å². The molecule has 1 aromatic heterocycles. The molecule has 5 nitrogen and oxygen atoms in total. The third-order valence-corrected chi connectivity index (χ3v) is 5.47. The minimum absolute atomic E-state index is 0.0188. The van der Waals surface area contributed by atoms with Crippen molar-refractivity contribution in [3.63, 3.8) is 0 Å². The topological polar surface area (TPSA) is 65.7 Å². The molecule has 1 unspecified atom stereocenters. The first kappa shape index (κ1) is 21.6. The summed E-state index contributed by atoms with van der Waals surface area (Å²) in [5.74, 6) is 1.04. The van der Waals surface area contributed by atoms with Gasteiger partial charge in [0.15, 0.2) is 5.78 Å². The molecule has 1 atom stereocenters. The lowest BCUT2D eigenvalue weighted by Gasteiger charge is -2.12. The summed E-state index contributed by atoms with van der Waals surface area (Å²) in [6, 6.07) is 12.3. The summed E-state index contributed by atoms with van der Waals surface area (Å²) < 4.78 is 16.0. The molecule has 0 saturated heterocycles. The molecular weight excluding hydrogens is 380 g/mol. The number of ether oxygens (including phenoxy) is 2. The Balaban J connectivity index is 1.91. The van der Waals surface area contributed by atoms with Crippen LogP contribution >= 0.6 is 0 Å². The predicted octanol–water partition coefficient (Wildman–Crippen LogP) is 5.73. The van der Waals surface area contributed by atoms with Gasteiger partial charge in [-0.2, -0.15) is 0 Å². The zero-order chi connectivity index (χ0) is 21.7. The van der Waals surface area contributed by atoms with Gasteiger partial charge in [0.25, 0.3) is 0 Å². The highest BCUT2D eigenvalue weighted by molar-refractivity contribution is 6.10. The summed E-state index contributed by atoms with van der Waals surface area (Å²) in [4.78, 5) is 25.5. The molecule has 158 valence electrons. The van der Waals surface area contributed by atoms with Crippen LogP contribution in [-0.2, 0) is 0 Å². The van der Waals surface area contributed by atoms with E-state index in [4.69, 9.17) is 13.9 Å². The summed E-state index contributed by atoms with van der Waals surface area (Å²) in [5.41, 5.74) is 1.26. The normalized spacial score (nSPS) is 12.0. The quantitative estimate of drug-likeness (QED) is 0.257. The Morgan fingerprint density at radius 2 is 1.77 bits per heavy atom. The largest absolute Gasteiger partial charge is 0.496 e. The Morgan fingerprint density at radius 1 is 1.03 bits per heavy atom. The van der Waals surface area contributed by atoms with Crippen molar-refractivity contribution < 1.29 is 18.7 Å². The summed E-state index contributed by atoms with van der Waals surface area (Å²) in [6.07, 6.45) is 4.75. The van der Waals surface area contributed by atoms with Gasteiger partial charge in [-0.05, 0) is 24.0 Å². The number of unbranched alkanes of at least 4 members (excludes halogenated alkanes) is 2. The lowest BCUT2D eigenvalue weighted by molar-refractivity contribution is 0.103. The fraction of sp³-hybridized carbons (Fsp3) is 0.360. The van der Waals surface area contributed by atoms with Crippen LogP contribution in [0.25, 0.3) is 11.0 Å². The van der Waals surface area contributed by atoms with Crippen molar-refractivity contribution in [2.75, 3.05) is 14.2 Å². The molecule has 1 heterocycles. The average Bonchev–Trinajstić information content (AvgIpc) is 2.77. The molecule has 0 aliphatic carbocycles. The first-order valence-electron chi connectivity index (χ1n) is 10.3. The minimum Gasteiger partial charge on any atom is -0.496 e. The number of benzene rings is 2. The second-order valence-electron chi connectivity index (χ2n) is 7.54. The Kier molecular flexibility index (Phi) is 6.93. The summed E-state index contributed by atoms with van der Waals surface area (Å²) in [6.45, 7) is 4.39. The number of carbonyl (C=O) groups is 1. The van der Waals surface area contributed by atoms with Crippen LogP contribution in [-0.4, -0.2) is 20.0 Å². The van der Waals surface area contributed by atoms with Gasteiger partial charge < -0.3 is 13.9 Å². The standard InChI is InChI=1S/C25H28O5/c1-5-6-7-8-16(2)17-9-11-18(12-10-17)24(26)21-15-20-22(29-4)13-19(28-3)14-23(20)30-25(21)27/h9-16H,5-8H2,1-4H3. The van der Waals surface area contributed by atoms with Crippen LogP contribution in [0, 0.1) is 0 Å². The van der Waals surface area contributed by atoms with Crippen LogP contribution in [0.2, 0.25) is 0 Å². The molecule has 5 heteroatoms. The highest BCUT2D eigenvalue weighted by Gasteiger charge is 2.18. The first-order chi connectivity index (χ1) is 14.5. The van der Waals surface area contributed by atoms with E-state index >= 15 is 0 Å². The van der Waals surface area contributed by atoms with Gasteiger partial charge in [0.05, 0.1) is 19.6 Å². The van der Waals surface area contributed by atoms with Crippen molar-refractivity contribution in [2.45, 2.75) is 45.4 Å². The number of ketones is 1. The van der Waals surface area contributed by atoms with Gasteiger partial charge >= 0.3 is 5.63 Å². The van der Waals surface area contributed by atoms with Gasteiger partial charge in [0.2, 0.25) is 0 Å². The SMILES string of the molecule is CCCCCC(C)c1ccc(C(=O)c2cc3c(OC)cc(OC)cc3oc2=O)cc1. The molecule has 30 heavy (non-hydrogen) atoms. The zero-order valence-corrected chi connectivity index (χ0v) is 18.0. The summed E-state index contributed by atoms with van der Waals surface area (Å²) >= 11 is 0. The maximum Gasteiger partial charge on any atom is 0.347 e. The van der Waals surface area contributed by atoms with Crippen molar-refractivity contribution in [1.82, 2.24) is 0 Å². The molecule has 0 bridgehead atoms. The molecule has 0 aliphatic heterocycles. The molecule has 0 N–H and O–H groups in total. The molecule has 0 radical (unpaired) electrons. The maximum atomic E-state index is 13.0. The van der Waals surface area contributed by atoms with Gasteiger partial charge in [0, 0.05) is 17.7 Å². The van der Waals surface area contributed by atoms with Crippen LogP contribution in [0.3, 0.4) is 0 Å². The van der Waals surface area contributed by atoms with Crippen molar-refractivity contribution in [3.05, 3.63) is 69.6 Å². The van der Waals surface area contributed by atoms with Crippen LogP contribution < -0.4 is 15.1 Å². The highest BCUT2D eigenvalue weighted by Crippen LogP contribution is 2.31. The Labute approximate surface area is 176 Å². The lowest BCUT2D eigenvalue weighted by atomic mass is 9.93. The monoisotopic (exact) mass is 408 g/mol. The second-order valence-corrected chi connectivity index (χ2v) is 7.54. The molecule has 0 fully saturated rings.